The third-order valence-electron chi connectivity index (χ3n) is 3.89. The fourth-order valence-corrected chi connectivity index (χ4v) is 2.68. The summed E-state index contributed by atoms with van der Waals surface area (Å²) in [5.41, 5.74) is 2.29. The van der Waals surface area contributed by atoms with Crippen molar-refractivity contribution < 1.29 is 20.1 Å². The highest BCUT2D eigenvalue weighted by Gasteiger charge is 2.23. The molecule has 1 fully saturated rings. The van der Waals surface area contributed by atoms with Crippen LogP contribution in [0.15, 0.2) is 29.3 Å². The van der Waals surface area contributed by atoms with E-state index < -0.39 is 5.97 Å². The molecule has 0 heterocycles. The lowest BCUT2D eigenvalue weighted by Gasteiger charge is -2.25. The van der Waals surface area contributed by atoms with Gasteiger partial charge in [0.15, 0.2) is 0 Å². The molecule has 102 valence electrons. The van der Waals surface area contributed by atoms with Crippen molar-refractivity contribution >= 4 is 5.97 Å². The van der Waals surface area contributed by atoms with Crippen LogP contribution >= 0.6 is 0 Å². The molecule has 0 amide bonds. The Morgan fingerprint density at radius 2 is 1.84 bits per heavy atom. The molecule has 0 bridgehead atoms. The first-order valence-electron chi connectivity index (χ1n) is 6.43. The van der Waals surface area contributed by atoms with Crippen LogP contribution in [0.5, 0.6) is 11.5 Å². The molecule has 0 spiro atoms. The van der Waals surface area contributed by atoms with Crippen molar-refractivity contribution in [3.63, 3.8) is 0 Å². The Labute approximate surface area is 112 Å². The number of phenolic OH excluding ortho intramolecular Hbond substituents is 2. The molecule has 1 saturated carbocycles. The summed E-state index contributed by atoms with van der Waals surface area (Å²) in [6.07, 6.45) is 3.17. The van der Waals surface area contributed by atoms with E-state index in [0.717, 1.165) is 36.8 Å². The van der Waals surface area contributed by atoms with Gasteiger partial charge in [-0.3, -0.25) is 0 Å². The average molecular weight is 262 g/mol. The van der Waals surface area contributed by atoms with Crippen LogP contribution in [-0.4, -0.2) is 21.3 Å². The summed E-state index contributed by atoms with van der Waals surface area (Å²) < 4.78 is 0. The molecule has 0 aliphatic heterocycles. The predicted molar refractivity (Wildman–Crippen MR) is 71.3 cm³/mol. The zero-order valence-electron chi connectivity index (χ0n) is 10.9. The molecule has 0 saturated heterocycles. The molecule has 2 rings (SSSR count). The third-order valence-corrected chi connectivity index (χ3v) is 3.89. The van der Waals surface area contributed by atoms with Gasteiger partial charge in [-0.2, -0.15) is 0 Å². The Kier molecular flexibility index (Phi) is 3.79. The Morgan fingerprint density at radius 3 is 2.37 bits per heavy atom. The van der Waals surface area contributed by atoms with Crippen LogP contribution in [0, 0.1) is 0 Å². The fraction of sp³-hybridized carbons (Fsp3) is 0.400. The number of hydrogen-bond donors (Lipinski definition) is 3. The van der Waals surface area contributed by atoms with Crippen LogP contribution in [0.1, 0.15) is 44.1 Å². The SMILES string of the molecule is CC(C(=O)O)=C1CCC(c2ccc(O)cc2O)CC1. The van der Waals surface area contributed by atoms with E-state index in [9.17, 15) is 15.0 Å². The first-order valence-corrected chi connectivity index (χ1v) is 6.43. The minimum absolute atomic E-state index is 0.0550. The zero-order valence-corrected chi connectivity index (χ0v) is 10.9. The van der Waals surface area contributed by atoms with E-state index in [1.807, 2.05) is 0 Å². The molecule has 4 nitrogen and oxygen atoms in total. The molecule has 1 aromatic rings. The molecule has 0 unspecified atom stereocenters. The van der Waals surface area contributed by atoms with Gasteiger partial charge in [0.25, 0.3) is 0 Å². The highest BCUT2D eigenvalue weighted by molar-refractivity contribution is 5.86. The highest BCUT2D eigenvalue weighted by Crippen LogP contribution is 2.40. The summed E-state index contributed by atoms with van der Waals surface area (Å²) in [6.45, 7) is 1.65. The largest absolute Gasteiger partial charge is 0.508 e. The molecule has 1 aromatic carbocycles. The Hall–Kier alpha value is -1.97. The lowest BCUT2D eigenvalue weighted by Crippen LogP contribution is -2.10. The number of hydrogen-bond acceptors (Lipinski definition) is 3. The van der Waals surface area contributed by atoms with E-state index >= 15 is 0 Å². The molecule has 1 aliphatic rings. The minimum Gasteiger partial charge on any atom is -0.508 e. The Morgan fingerprint density at radius 1 is 1.21 bits per heavy atom. The molecule has 19 heavy (non-hydrogen) atoms. The number of carboxylic acids is 1. The average Bonchev–Trinajstić information content (AvgIpc) is 2.38. The summed E-state index contributed by atoms with van der Waals surface area (Å²) in [4.78, 5) is 10.9. The Bertz CT molecular complexity index is 521. The van der Waals surface area contributed by atoms with E-state index in [4.69, 9.17) is 5.11 Å². The Balaban J connectivity index is 2.12. The second kappa shape index (κ2) is 5.34. The van der Waals surface area contributed by atoms with Gasteiger partial charge >= 0.3 is 5.97 Å². The van der Waals surface area contributed by atoms with Crippen molar-refractivity contribution in [1.29, 1.82) is 0 Å². The number of benzene rings is 1. The quantitative estimate of drug-likeness (QED) is 0.715. The van der Waals surface area contributed by atoms with Gasteiger partial charge in [0, 0.05) is 11.6 Å². The van der Waals surface area contributed by atoms with E-state index in [-0.39, 0.29) is 17.4 Å². The second-order valence-corrected chi connectivity index (χ2v) is 5.05. The molecule has 0 radical (unpaired) electrons. The lowest BCUT2D eigenvalue weighted by atomic mass is 9.80. The van der Waals surface area contributed by atoms with Crippen LogP contribution < -0.4 is 0 Å². The van der Waals surface area contributed by atoms with Crippen molar-refractivity contribution in [3.8, 4) is 11.5 Å². The van der Waals surface area contributed by atoms with Crippen molar-refractivity contribution in [1.82, 2.24) is 0 Å². The normalized spacial score (nSPS) is 19.2. The number of aliphatic carboxylic acids is 1. The zero-order chi connectivity index (χ0) is 14.0. The van der Waals surface area contributed by atoms with Gasteiger partial charge in [-0.1, -0.05) is 11.6 Å². The minimum atomic E-state index is -0.846. The summed E-state index contributed by atoms with van der Waals surface area (Å²) in [7, 11) is 0. The third kappa shape index (κ3) is 2.89. The van der Waals surface area contributed by atoms with Gasteiger partial charge in [0.05, 0.1) is 0 Å². The number of rotatable bonds is 2. The molecule has 1 aliphatic carbocycles. The van der Waals surface area contributed by atoms with Crippen LogP contribution in [-0.2, 0) is 4.79 Å². The number of aromatic hydroxyl groups is 2. The van der Waals surface area contributed by atoms with Gasteiger partial charge in [0.2, 0.25) is 0 Å². The van der Waals surface area contributed by atoms with Gasteiger partial charge in [-0.05, 0) is 50.2 Å². The maximum atomic E-state index is 10.9. The van der Waals surface area contributed by atoms with Gasteiger partial charge in [-0.15, -0.1) is 0 Å². The number of phenols is 2. The van der Waals surface area contributed by atoms with E-state index in [2.05, 4.69) is 0 Å². The van der Waals surface area contributed by atoms with Crippen LogP contribution in [0.4, 0.5) is 0 Å². The van der Waals surface area contributed by atoms with Crippen LogP contribution in [0.3, 0.4) is 0 Å². The molecule has 3 N–H and O–H groups in total. The molecular weight excluding hydrogens is 244 g/mol. The smallest absolute Gasteiger partial charge is 0.331 e. The number of carbonyl (C=O) groups is 1. The van der Waals surface area contributed by atoms with Crippen molar-refractivity contribution in [2.45, 2.75) is 38.5 Å². The standard InChI is InChI=1S/C15H18O4/c1-9(15(18)19)10-2-4-11(5-3-10)13-7-6-12(16)8-14(13)17/h6-8,11,16-17H,2-5H2,1H3,(H,18,19). The van der Waals surface area contributed by atoms with Crippen LogP contribution in [0.2, 0.25) is 0 Å². The molecule has 0 aromatic heterocycles. The summed E-state index contributed by atoms with van der Waals surface area (Å²) in [6, 6.07) is 4.67. The first-order chi connectivity index (χ1) is 8.99. The maximum Gasteiger partial charge on any atom is 0.331 e. The van der Waals surface area contributed by atoms with E-state index in [0.29, 0.717) is 5.57 Å². The van der Waals surface area contributed by atoms with Gasteiger partial charge in [-0.25, -0.2) is 4.79 Å². The van der Waals surface area contributed by atoms with Crippen molar-refractivity contribution in [3.05, 3.63) is 34.9 Å². The predicted octanol–water partition coefficient (Wildman–Crippen LogP) is 3.16. The van der Waals surface area contributed by atoms with Crippen LogP contribution in [0.25, 0.3) is 0 Å². The highest BCUT2D eigenvalue weighted by atomic mass is 16.4. The summed E-state index contributed by atoms with van der Waals surface area (Å²) >= 11 is 0. The monoisotopic (exact) mass is 262 g/mol. The molecule has 0 atom stereocenters. The lowest BCUT2D eigenvalue weighted by molar-refractivity contribution is -0.132. The summed E-state index contributed by atoms with van der Waals surface area (Å²) in [5.74, 6) is -0.446. The maximum absolute atomic E-state index is 10.9. The van der Waals surface area contributed by atoms with E-state index in [1.54, 1.807) is 19.1 Å². The van der Waals surface area contributed by atoms with Crippen molar-refractivity contribution in [2.24, 2.45) is 0 Å². The topological polar surface area (TPSA) is 77.8 Å². The van der Waals surface area contributed by atoms with Crippen molar-refractivity contribution in [2.75, 3.05) is 0 Å². The first kappa shape index (κ1) is 13.5. The van der Waals surface area contributed by atoms with E-state index in [1.165, 1.54) is 6.07 Å². The molecular formula is C15H18O4. The number of allylic oxidation sites excluding steroid dienone is 1. The number of carboxylic acid groups (broad SMARTS) is 1. The van der Waals surface area contributed by atoms with Gasteiger partial charge < -0.3 is 15.3 Å². The fourth-order valence-electron chi connectivity index (χ4n) is 2.68. The molecule has 4 heteroatoms. The second-order valence-electron chi connectivity index (χ2n) is 5.05. The summed E-state index contributed by atoms with van der Waals surface area (Å²) in [5, 5.41) is 28.1. The van der Waals surface area contributed by atoms with Gasteiger partial charge in [0.1, 0.15) is 11.5 Å².